The lowest BCUT2D eigenvalue weighted by molar-refractivity contribution is -0.140. The summed E-state index contributed by atoms with van der Waals surface area (Å²) in [5.41, 5.74) is 2.27. The predicted molar refractivity (Wildman–Crippen MR) is 119 cm³/mol. The molecule has 31 heavy (non-hydrogen) atoms. The highest BCUT2D eigenvalue weighted by atomic mass is 32.2. The molecule has 0 spiro atoms. The SMILES string of the molecule is COC(=O)C[C@H](c1ccc(O)cc1)c1oc(CSc2cc(C)ccc2C)cc(=O)c1O. The Hall–Kier alpha value is -3.19. The van der Waals surface area contributed by atoms with E-state index in [1.807, 2.05) is 26.0 Å². The van der Waals surface area contributed by atoms with Crippen LogP contribution in [-0.4, -0.2) is 23.3 Å². The predicted octanol–water partition coefficient (Wildman–Crippen LogP) is 4.66. The molecule has 0 radical (unpaired) electrons. The largest absolute Gasteiger partial charge is 0.508 e. The van der Waals surface area contributed by atoms with Crippen LogP contribution in [0.1, 0.15) is 40.5 Å². The number of methoxy groups -OCH3 is 1. The molecule has 162 valence electrons. The lowest BCUT2D eigenvalue weighted by Gasteiger charge is -2.17. The number of benzene rings is 2. The highest BCUT2D eigenvalue weighted by Gasteiger charge is 2.26. The van der Waals surface area contributed by atoms with Crippen molar-refractivity contribution in [2.45, 2.75) is 36.8 Å². The normalized spacial score (nSPS) is 11.8. The molecule has 0 saturated carbocycles. The van der Waals surface area contributed by atoms with Crippen LogP contribution in [0, 0.1) is 13.8 Å². The monoisotopic (exact) mass is 440 g/mol. The fourth-order valence-electron chi connectivity index (χ4n) is 3.19. The zero-order chi connectivity index (χ0) is 22.5. The fourth-order valence-corrected chi connectivity index (χ4v) is 4.20. The first kappa shape index (κ1) is 22.5. The Balaban J connectivity index is 1.98. The van der Waals surface area contributed by atoms with Gasteiger partial charge in [-0.15, -0.1) is 11.8 Å². The lowest BCUT2D eigenvalue weighted by Crippen LogP contribution is -2.14. The standard InChI is InChI=1S/C24H24O6S/c1-14-4-5-15(2)21(10-14)31-13-18-11-20(26)23(28)24(30-18)19(12-22(27)29-3)16-6-8-17(25)9-7-16/h4-11,19,25,28H,12-13H2,1-3H3/t19-/m1/s1. The number of aromatic hydroxyl groups is 2. The maximum Gasteiger partial charge on any atom is 0.306 e. The summed E-state index contributed by atoms with van der Waals surface area (Å²) in [6.45, 7) is 4.02. The summed E-state index contributed by atoms with van der Waals surface area (Å²) in [5.74, 6) is -0.973. The zero-order valence-electron chi connectivity index (χ0n) is 17.5. The van der Waals surface area contributed by atoms with Gasteiger partial charge in [-0.05, 0) is 43.2 Å². The Morgan fingerprint density at radius 2 is 1.81 bits per heavy atom. The molecular weight excluding hydrogens is 416 g/mol. The number of phenols is 1. The molecule has 0 saturated heterocycles. The van der Waals surface area contributed by atoms with Gasteiger partial charge in [0.2, 0.25) is 11.2 Å². The maximum atomic E-state index is 12.5. The van der Waals surface area contributed by atoms with Crippen LogP contribution in [0.25, 0.3) is 0 Å². The van der Waals surface area contributed by atoms with Gasteiger partial charge in [0.25, 0.3) is 0 Å². The van der Waals surface area contributed by atoms with Crippen molar-refractivity contribution < 1.29 is 24.2 Å². The number of thioether (sulfide) groups is 1. The van der Waals surface area contributed by atoms with Crippen molar-refractivity contribution in [2.75, 3.05) is 7.11 Å². The van der Waals surface area contributed by atoms with Crippen molar-refractivity contribution in [3.05, 3.63) is 87.0 Å². The second-order valence-corrected chi connectivity index (χ2v) is 8.29. The minimum Gasteiger partial charge on any atom is -0.508 e. The summed E-state index contributed by atoms with van der Waals surface area (Å²) in [7, 11) is 1.27. The molecule has 0 unspecified atom stereocenters. The van der Waals surface area contributed by atoms with Crippen LogP contribution in [0.5, 0.6) is 11.5 Å². The van der Waals surface area contributed by atoms with Crippen LogP contribution in [0.2, 0.25) is 0 Å². The molecule has 6 nitrogen and oxygen atoms in total. The van der Waals surface area contributed by atoms with Gasteiger partial charge in [-0.1, -0.05) is 29.8 Å². The van der Waals surface area contributed by atoms with Gasteiger partial charge in [-0.25, -0.2) is 0 Å². The molecule has 0 bridgehead atoms. The molecule has 0 aliphatic heterocycles. The van der Waals surface area contributed by atoms with E-state index in [4.69, 9.17) is 9.15 Å². The molecule has 7 heteroatoms. The van der Waals surface area contributed by atoms with Crippen LogP contribution < -0.4 is 5.43 Å². The van der Waals surface area contributed by atoms with E-state index in [1.54, 1.807) is 12.1 Å². The highest BCUT2D eigenvalue weighted by Crippen LogP contribution is 2.35. The Labute approximate surface area is 184 Å². The number of phenolic OH excluding ortho intramolecular Hbond substituents is 1. The molecule has 0 aliphatic rings. The van der Waals surface area contributed by atoms with Crippen molar-refractivity contribution in [1.29, 1.82) is 0 Å². The fraction of sp³-hybridized carbons (Fsp3) is 0.250. The summed E-state index contributed by atoms with van der Waals surface area (Å²) >= 11 is 1.53. The van der Waals surface area contributed by atoms with Gasteiger partial charge in [-0.2, -0.15) is 0 Å². The Morgan fingerprint density at radius 3 is 2.48 bits per heavy atom. The molecule has 1 heterocycles. The molecule has 3 aromatic rings. The minimum atomic E-state index is -0.744. The second-order valence-electron chi connectivity index (χ2n) is 7.27. The highest BCUT2D eigenvalue weighted by molar-refractivity contribution is 7.98. The Morgan fingerprint density at radius 1 is 1.10 bits per heavy atom. The first-order valence-electron chi connectivity index (χ1n) is 9.70. The van der Waals surface area contributed by atoms with E-state index < -0.39 is 23.1 Å². The number of aryl methyl sites for hydroxylation is 2. The molecule has 2 aromatic carbocycles. The molecule has 1 aromatic heterocycles. The number of carbonyl (C=O) groups excluding carboxylic acids is 1. The van der Waals surface area contributed by atoms with Crippen molar-refractivity contribution in [2.24, 2.45) is 0 Å². The van der Waals surface area contributed by atoms with Gasteiger partial charge in [0.1, 0.15) is 11.5 Å². The molecular formula is C24H24O6S. The summed E-state index contributed by atoms with van der Waals surface area (Å²) in [5, 5.41) is 20.0. The van der Waals surface area contributed by atoms with Gasteiger partial charge in [0.15, 0.2) is 5.76 Å². The van der Waals surface area contributed by atoms with E-state index in [9.17, 15) is 19.8 Å². The van der Waals surface area contributed by atoms with Crippen molar-refractivity contribution in [1.82, 2.24) is 0 Å². The third-order valence-corrected chi connectivity index (χ3v) is 6.10. The Bertz CT molecular complexity index is 1130. The zero-order valence-corrected chi connectivity index (χ0v) is 18.4. The minimum absolute atomic E-state index is 0.000143. The van der Waals surface area contributed by atoms with Crippen molar-refractivity contribution in [3.8, 4) is 11.5 Å². The Kier molecular flexibility index (Phi) is 7.07. The first-order chi connectivity index (χ1) is 14.8. The van der Waals surface area contributed by atoms with Crippen LogP contribution in [0.4, 0.5) is 0 Å². The van der Waals surface area contributed by atoms with Crippen LogP contribution >= 0.6 is 11.8 Å². The second kappa shape index (κ2) is 9.75. The molecule has 2 N–H and O–H groups in total. The van der Waals surface area contributed by atoms with E-state index in [0.29, 0.717) is 17.1 Å². The first-order valence-corrected chi connectivity index (χ1v) is 10.7. The maximum absolute atomic E-state index is 12.5. The third-order valence-electron chi connectivity index (χ3n) is 4.92. The quantitative estimate of drug-likeness (QED) is 0.407. The average Bonchev–Trinajstić information content (AvgIpc) is 2.75. The van der Waals surface area contributed by atoms with Crippen LogP contribution in [0.15, 0.2) is 62.6 Å². The average molecular weight is 441 g/mol. The van der Waals surface area contributed by atoms with Gasteiger partial charge in [0, 0.05) is 11.0 Å². The van der Waals surface area contributed by atoms with E-state index in [-0.39, 0.29) is 17.9 Å². The summed E-state index contributed by atoms with van der Waals surface area (Å²) in [6, 6.07) is 13.6. The number of rotatable bonds is 7. The molecule has 1 atom stereocenters. The molecule has 0 fully saturated rings. The smallest absolute Gasteiger partial charge is 0.306 e. The van der Waals surface area contributed by atoms with Gasteiger partial charge < -0.3 is 19.4 Å². The van der Waals surface area contributed by atoms with Crippen molar-refractivity contribution in [3.63, 3.8) is 0 Å². The third kappa shape index (κ3) is 5.49. The van der Waals surface area contributed by atoms with Gasteiger partial charge in [-0.3, -0.25) is 9.59 Å². The topological polar surface area (TPSA) is 97.0 Å². The molecule has 0 amide bonds. The van der Waals surface area contributed by atoms with Gasteiger partial charge >= 0.3 is 5.97 Å². The van der Waals surface area contributed by atoms with Crippen LogP contribution in [0.3, 0.4) is 0 Å². The number of esters is 1. The molecule has 3 rings (SSSR count). The molecule has 0 aliphatic carbocycles. The number of hydrogen-bond acceptors (Lipinski definition) is 7. The summed E-state index contributed by atoms with van der Waals surface area (Å²) in [4.78, 5) is 25.6. The number of ether oxygens (including phenoxy) is 1. The van der Waals surface area contributed by atoms with E-state index >= 15 is 0 Å². The summed E-state index contributed by atoms with van der Waals surface area (Å²) in [6.07, 6.45) is -0.134. The van der Waals surface area contributed by atoms with Crippen molar-refractivity contribution >= 4 is 17.7 Å². The lowest BCUT2D eigenvalue weighted by atomic mass is 9.92. The van der Waals surface area contributed by atoms with E-state index in [0.717, 1.165) is 16.0 Å². The number of carbonyl (C=O) groups is 1. The van der Waals surface area contributed by atoms with Gasteiger partial charge in [0.05, 0.1) is 25.2 Å². The summed E-state index contributed by atoms with van der Waals surface area (Å²) < 4.78 is 10.7. The van der Waals surface area contributed by atoms with E-state index in [2.05, 4.69) is 6.07 Å². The van der Waals surface area contributed by atoms with Crippen LogP contribution in [-0.2, 0) is 15.3 Å². The van der Waals surface area contributed by atoms with E-state index in [1.165, 1.54) is 37.1 Å². The number of hydrogen-bond donors (Lipinski definition) is 2.